The van der Waals surface area contributed by atoms with Gasteiger partial charge in [0.15, 0.2) is 0 Å². The fraction of sp³-hybridized carbons (Fsp3) is 0.769. The molecule has 3 unspecified atom stereocenters. The maximum absolute atomic E-state index is 12.1. The van der Waals surface area contributed by atoms with Crippen molar-refractivity contribution in [2.75, 3.05) is 13.2 Å². The van der Waals surface area contributed by atoms with Crippen molar-refractivity contribution in [3.05, 3.63) is 0 Å². The normalized spacial score (nSPS) is 21.1. The monoisotopic (exact) mass is 286 g/mol. The Kier molecular flexibility index (Phi) is 5.79. The van der Waals surface area contributed by atoms with E-state index < -0.39 is 36.0 Å². The molecule has 3 atom stereocenters. The number of carboxylic acids is 1. The fourth-order valence-electron chi connectivity index (χ4n) is 2.11. The molecule has 7 heteroatoms. The van der Waals surface area contributed by atoms with Crippen LogP contribution in [0.25, 0.3) is 0 Å². The number of aliphatic carboxylic acids is 1. The van der Waals surface area contributed by atoms with Gasteiger partial charge in [-0.2, -0.15) is 0 Å². The summed E-state index contributed by atoms with van der Waals surface area (Å²) >= 11 is 0. The second-order valence-electron chi connectivity index (χ2n) is 4.97. The van der Waals surface area contributed by atoms with Crippen LogP contribution in [-0.2, 0) is 14.3 Å². The average Bonchev–Trinajstić information content (AvgIpc) is 2.87. The Morgan fingerprint density at radius 3 is 2.60 bits per heavy atom. The topological polar surface area (TPSA) is 95.9 Å². The maximum atomic E-state index is 12.1. The van der Waals surface area contributed by atoms with Gasteiger partial charge in [0, 0.05) is 12.6 Å². The first-order chi connectivity index (χ1) is 9.38. The van der Waals surface area contributed by atoms with Gasteiger partial charge in [0.2, 0.25) is 0 Å². The van der Waals surface area contributed by atoms with Gasteiger partial charge in [-0.25, -0.2) is 9.59 Å². The summed E-state index contributed by atoms with van der Waals surface area (Å²) in [6.07, 6.45) is 1.31. The van der Waals surface area contributed by atoms with Crippen LogP contribution < -0.4 is 5.32 Å². The van der Waals surface area contributed by atoms with Crippen LogP contribution in [-0.4, -0.2) is 53.2 Å². The van der Waals surface area contributed by atoms with Crippen molar-refractivity contribution in [3.63, 3.8) is 0 Å². The minimum Gasteiger partial charge on any atom is -0.481 e. The molecule has 0 aromatic carbocycles. The molecule has 7 nitrogen and oxygen atoms in total. The molecule has 1 saturated heterocycles. The van der Waals surface area contributed by atoms with E-state index in [1.807, 2.05) is 0 Å². The van der Waals surface area contributed by atoms with Gasteiger partial charge in [-0.1, -0.05) is 0 Å². The number of carbonyl (C=O) groups is 3. The van der Waals surface area contributed by atoms with Gasteiger partial charge in [0.05, 0.1) is 12.5 Å². The van der Waals surface area contributed by atoms with Gasteiger partial charge in [0.1, 0.15) is 6.04 Å². The molecule has 0 spiro atoms. The number of hydrogen-bond donors (Lipinski definition) is 2. The molecule has 0 aromatic rings. The van der Waals surface area contributed by atoms with E-state index in [-0.39, 0.29) is 6.61 Å². The van der Waals surface area contributed by atoms with Crippen molar-refractivity contribution in [1.82, 2.24) is 10.2 Å². The van der Waals surface area contributed by atoms with Gasteiger partial charge in [-0.05, 0) is 33.6 Å². The zero-order valence-corrected chi connectivity index (χ0v) is 12.1. The van der Waals surface area contributed by atoms with E-state index in [2.05, 4.69) is 5.32 Å². The lowest BCUT2D eigenvalue weighted by Crippen LogP contribution is -2.50. The smallest absolute Gasteiger partial charge is 0.328 e. The Morgan fingerprint density at radius 2 is 2.05 bits per heavy atom. The summed E-state index contributed by atoms with van der Waals surface area (Å²) in [5.41, 5.74) is 0. The summed E-state index contributed by atoms with van der Waals surface area (Å²) in [5, 5.41) is 11.5. The van der Waals surface area contributed by atoms with Crippen LogP contribution in [0.5, 0.6) is 0 Å². The molecule has 1 aliphatic heterocycles. The summed E-state index contributed by atoms with van der Waals surface area (Å²) in [6.45, 7) is 5.63. The first kappa shape index (κ1) is 16.3. The molecule has 0 aliphatic carbocycles. The molecule has 2 N–H and O–H groups in total. The molecule has 114 valence electrons. The van der Waals surface area contributed by atoms with E-state index in [0.717, 1.165) is 6.42 Å². The molecule has 1 fully saturated rings. The zero-order chi connectivity index (χ0) is 15.3. The Bertz CT molecular complexity index is 385. The van der Waals surface area contributed by atoms with Crippen LogP contribution >= 0.6 is 0 Å². The van der Waals surface area contributed by atoms with E-state index in [1.165, 1.54) is 11.8 Å². The number of rotatable bonds is 5. The SMILES string of the molecule is CCOC(=O)C1CCCN1C(=O)NC(C)C(C)C(=O)O. The molecule has 20 heavy (non-hydrogen) atoms. The van der Waals surface area contributed by atoms with Gasteiger partial charge in [0.25, 0.3) is 0 Å². The van der Waals surface area contributed by atoms with Crippen LogP contribution in [0.1, 0.15) is 33.6 Å². The number of amides is 2. The molecule has 0 aromatic heterocycles. The van der Waals surface area contributed by atoms with Crippen molar-refractivity contribution < 1.29 is 24.2 Å². The minimum absolute atomic E-state index is 0.275. The maximum Gasteiger partial charge on any atom is 0.328 e. The van der Waals surface area contributed by atoms with E-state index in [4.69, 9.17) is 9.84 Å². The summed E-state index contributed by atoms with van der Waals surface area (Å²) in [7, 11) is 0. The highest BCUT2D eigenvalue weighted by Gasteiger charge is 2.36. The average molecular weight is 286 g/mol. The van der Waals surface area contributed by atoms with E-state index in [0.29, 0.717) is 13.0 Å². The number of carboxylic acid groups (broad SMARTS) is 1. The van der Waals surface area contributed by atoms with Crippen molar-refractivity contribution in [2.45, 2.75) is 45.7 Å². The molecule has 0 saturated carbocycles. The summed E-state index contributed by atoms with van der Waals surface area (Å²) < 4.78 is 4.94. The van der Waals surface area contributed by atoms with E-state index >= 15 is 0 Å². The number of urea groups is 1. The lowest BCUT2D eigenvalue weighted by molar-refractivity contribution is -0.147. The summed E-state index contributed by atoms with van der Waals surface area (Å²) in [5.74, 6) is -2.07. The molecule has 1 heterocycles. The minimum atomic E-state index is -0.971. The number of carbonyl (C=O) groups excluding carboxylic acids is 2. The van der Waals surface area contributed by atoms with Crippen molar-refractivity contribution >= 4 is 18.0 Å². The van der Waals surface area contributed by atoms with Crippen LogP contribution in [0.4, 0.5) is 4.79 Å². The fourth-order valence-corrected chi connectivity index (χ4v) is 2.11. The van der Waals surface area contributed by atoms with Crippen molar-refractivity contribution in [3.8, 4) is 0 Å². The molecule has 0 bridgehead atoms. The van der Waals surface area contributed by atoms with E-state index in [9.17, 15) is 14.4 Å². The molecule has 1 rings (SSSR count). The number of nitrogens with one attached hydrogen (secondary N) is 1. The van der Waals surface area contributed by atoms with E-state index in [1.54, 1.807) is 13.8 Å². The predicted octanol–water partition coefficient (Wildman–Crippen LogP) is 0.833. The predicted molar refractivity (Wildman–Crippen MR) is 71.2 cm³/mol. The Hall–Kier alpha value is -1.79. The molecule has 1 aliphatic rings. The van der Waals surface area contributed by atoms with Crippen LogP contribution in [0.2, 0.25) is 0 Å². The molecule has 0 radical (unpaired) electrons. The highest BCUT2D eigenvalue weighted by atomic mass is 16.5. The number of esters is 1. The largest absolute Gasteiger partial charge is 0.481 e. The van der Waals surface area contributed by atoms with Crippen LogP contribution in [0.15, 0.2) is 0 Å². The highest BCUT2D eigenvalue weighted by molar-refractivity contribution is 5.84. The third kappa shape index (κ3) is 3.85. The second kappa shape index (κ2) is 7.12. The van der Waals surface area contributed by atoms with Gasteiger partial charge < -0.3 is 20.1 Å². The molecular formula is C13H22N2O5. The van der Waals surface area contributed by atoms with Crippen molar-refractivity contribution in [2.24, 2.45) is 5.92 Å². The highest BCUT2D eigenvalue weighted by Crippen LogP contribution is 2.19. The Morgan fingerprint density at radius 1 is 1.40 bits per heavy atom. The number of hydrogen-bond acceptors (Lipinski definition) is 4. The van der Waals surface area contributed by atoms with Gasteiger partial charge >= 0.3 is 18.0 Å². The Labute approximate surface area is 118 Å². The quantitative estimate of drug-likeness (QED) is 0.730. The van der Waals surface area contributed by atoms with Gasteiger partial charge in [-0.15, -0.1) is 0 Å². The molecular weight excluding hydrogens is 264 g/mol. The lowest BCUT2D eigenvalue weighted by Gasteiger charge is -2.26. The number of likely N-dealkylation sites (tertiary alicyclic amines) is 1. The second-order valence-corrected chi connectivity index (χ2v) is 4.97. The third-order valence-electron chi connectivity index (χ3n) is 3.56. The first-order valence-electron chi connectivity index (χ1n) is 6.85. The van der Waals surface area contributed by atoms with Crippen LogP contribution in [0, 0.1) is 5.92 Å². The standard InChI is InChI=1S/C13H22N2O5/c1-4-20-12(18)10-6-5-7-15(10)13(19)14-9(3)8(2)11(16)17/h8-10H,4-7H2,1-3H3,(H,14,19)(H,16,17). The first-order valence-corrected chi connectivity index (χ1v) is 6.85. The number of ether oxygens (including phenoxy) is 1. The molecule has 2 amide bonds. The zero-order valence-electron chi connectivity index (χ0n) is 12.1. The Balaban J connectivity index is 2.62. The summed E-state index contributed by atoms with van der Waals surface area (Å²) in [4.78, 5) is 36.1. The van der Waals surface area contributed by atoms with Crippen LogP contribution in [0.3, 0.4) is 0 Å². The number of nitrogens with zero attached hydrogens (tertiary/aromatic N) is 1. The lowest BCUT2D eigenvalue weighted by atomic mass is 10.0. The third-order valence-corrected chi connectivity index (χ3v) is 3.56. The summed E-state index contributed by atoms with van der Waals surface area (Å²) in [6, 6.07) is -1.49. The van der Waals surface area contributed by atoms with Crippen molar-refractivity contribution in [1.29, 1.82) is 0 Å². The van der Waals surface area contributed by atoms with Gasteiger partial charge in [-0.3, -0.25) is 4.79 Å².